The van der Waals surface area contributed by atoms with Gasteiger partial charge in [0, 0.05) is 37.8 Å². The van der Waals surface area contributed by atoms with Crippen molar-refractivity contribution in [3.8, 4) is 5.75 Å². The Morgan fingerprint density at radius 1 is 1.00 bits per heavy atom. The molecule has 4 nitrogen and oxygen atoms in total. The number of rotatable bonds is 3. The van der Waals surface area contributed by atoms with Gasteiger partial charge in [0.1, 0.15) is 11.6 Å². The maximum absolute atomic E-state index is 12.8. The smallest absolute Gasteiger partial charge is 0.417 e. The van der Waals surface area contributed by atoms with Crippen LogP contribution in [-0.4, -0.2) is 43.7 Å². The molecule has 0 N–H and O–H groups in total. The number of fused-ring (bicyclic) bond motifs is 1. The van der Waals surface area contributed by atoms with Gasteiger partial charge in [0.2, 0.25) is 0 Å². The quantitative estimate of drug-likeness (QED) is 0.679. The van der Waals surface area contributed by atoms with E-state index in [9.17, 15) is 13.2 Å². The van der Waals surface area contributed by atoms with Crippen LogP contribution >= 0.6 is 24.8 Å². The summed E-state index contributed by atoms with van der Waals surface area (Å²) in [5.74, 6) is 2.35. The molecule has 1 aromatic carbocycles. The van der Waals surface area contributed by atoms with E-state index in [0.29, 0.717) is 23.7 Å². The number of benzene rings is 1. The highest BCUT2D eigenvalue weighted by Gasteiger charge is 2.46. The van der Waals surface area contributed by atoms with Crippen molar-refractivity contribution in [2.24, 2.45) is 11.8 Å². The van der Waals surface area contributed by atoms with Crippen molar-refractivity contribution < 1.29 is 17.9 Å². The number of hydrogen-bond donors (Lipinski definition) is 0. The molecule has 3 atom stereocenters. The summed E-state index contributed by atoms with van der Waals surface area (Å²) in [6.07, 6.45) is -3.42. The van der Waals surface area contributed by atoms with Crippen LogP contribution in [0, 0.1) is 11.8 Å². The van der Waals surface area contributed by atoms with E-state index in [2.05, 4.69) is 34.0 Å². The molecule has 160 valence electrons. The van der Waals surface area contributed by atoms with Crippen LogP contribution < -0.4 is 9.64 Å². The summed E-state index contributed by atoms with van der Waals surface area (Å²) < 4.78 is 43.5. The second-order valence-electron chi connectivity index (χ2n) is 7.39. The normalized spacial score (nSPS) is 23.9. The molecule has 2 fully saturated rings. The number of aromatic nitrogens is 1. The number of anilines is 1. The van der Waals surface area contributed by atoms with E-state index in [1.54, 1.807) is 7.11 Å². The third kappa shape index (κ3) is 4.57. The maximum atomic E-state index is 12.8. The Hall–Kier alpha value is -1.70. The Morgan fingerprint density at radius 3 is 2.24 bits per heavy atom. The average molecular weight is 450 g/mol. The van der Waals surface area contributed by atoms with E-state index in [4.69, 9.17) is 4.74 Å². The minimum atomic E-state index is -4.35. The molecule has 0 radical (unpaired) electrons. The van der Waals surface area contributed by atoms with Crippen LogP contribution in [0.5, 0.6) is 5.75 Å². The van der Waals surface area contributed by atoms with E-state index in [1.807, 2.05) is 12.1 Å². The number of alkyl halides is 3. The van der Waals surface area contributed by atoms with Crippen LogP contribution in [0.4, 0.5) is 19.0 Å². The standard InChI is InChI=1S/C20H22F3N3O.2ClH/c1-25-10-14-11-26(18-8-5-15(9-24-18)20(21,22)23)12-17(14)19(25)13-3-6-16(27-2)7-4-13;;/h3-9,14,17,19H,10-12H2,1-2H3;2*1H/t14-,17+,19+;;/m0../s1. The lowest BCUT2D eigenvalue weighted by molar-refractivity contribution is -0.137. The van der Waals surface area contributed by atoms with Gasteiger partial charge in [-0.1, -0.05) is 12.1 Å². The van der Waals surface area contributed by atoms with E-state index < -0.39 is 11.7 Å². The van der Waals surface area contributed by atoms with Crippen molar-refractivity contribution in [3.63, 3.8) is 0 Å². The highest BCUT2D eigenvalue weighted by atomic mass is 35.5. The Labute approximate surface area is 180 Å². The van der Waals surface area contributed by atoms with Crippen LogP contribution in [0.2, 0.25) is 0 Å². The average Bonchev–Trinajstić information content (AvgIpc) is 3.18. The molecule has 29 heavy (non-hydrogen) atoms. The summed E-state index contributed by atoms with van der Waals surface area (Å²) >= 11 is 0. The largest absolute Gasteiger partial charge is 0.497 e. The van der Waals surface area contributed by atoms with Gasteiger partial charge in [0.15, 0.2) is 0 Å². The van der Waals surface area contributed by atoms with Crippen molar-refractivity contribution >= 4 is 30.6 Å². The Balaban J connectivity index is 0.00000150. The number of ether oxygens (including phenoxy) is 1. The summed E-state index contributed by atoms with van der Waals surface area (Å²) in [4.78, 5) is 8.55. The molecule has 2 aliphatic heterocycles. The molecular weight excluding hydrogens is 426 g/mol. The molecule has 0 spiro atoms. The van der Waals surface area contributed by atoms with Gasteiger partial charge in [-0.3, -0.25) is 4.90 Å². The first kappa shape index (κ1) is 23.6. The zero-order valence-corrected chi connectivity index (χ0v) is 17.7. The molecule has 2 aliphatic rings. The van der Waals surface area contributed by atoms with E-state index in [1.165, 1.54) is 11.6 Å². The van der Waals surface area contributed by atoms with Crippen molar-refractivity contribution in [2.75, 3.05) is 38.7 Å². The van der Waals surface area contributed by atoms with Crippen LogP contribution in [0.1, 0.15) is 17.2 Å². The lowest BCUT2D eigenvalue weighted by Crippen LogP contribution is -2.29. The molecule has 0 aliphatic carbocycles. The zero-order valence-electron chi connectivity index (χ0n) is 16.1. The number of likely N-dealkylation sites (tertiary alicyclic amines) is 1. The maximum Gasteiger partial charge on any atom is 0.417 e. The van der Waals surface area contributed by atoms with Crippen molar-refractivity contribution in [3.05, 3.63) is 53.7 Å². The van der Waals surface area contributed by atoms with Gasteiger partial charge in [-0.25, -0.2) is 4.98 Å². The van der Waals surface area contributed by atoms with Gasteiger partial charge in [-0.2, -0.15) is 13.2 Å². The molecule has 0 unspecified atom stereocenters. The van der Waals surface area contributed by atoms with E-state index in [0.717, 1.165) is 37.6 Å². The highest BCUT2D eigenvalue weighted by molar-refractivity contribution is 5.85. The van der Waals surface area contributed by atoms with Gasteiger partial charge in [0.05, 0.1) is 12.7 Å². The summed E-state index contributed by atoms with van der Waals surface area (Å²) in [6, 6.07) is 11.0. The molecular formula is C20H24Cl2F3N3O. The van der Waals surface area contributed by atoms with Crippen molar-refractivity contribution in [2.45, 2.75) is 12.2 Å². The first-order valence-corrected chi connectivity index (χ1v) is 8.99. The lowest BCUT2D eigenvalue weighted by atomic mass is 9.89. The molecule has 3 heterocycles. The highest BCUT2D eigenvalue weighted by Crippen LogP contribution is 2.45. The minimum absolute atomic E-state index is 0. The number of nitrogens with zero attached hydrogens (tertiary/aromatic N) is 3. The molecule has 0 bridgehead atoms. The molecule has 1 aromatic heterocycles. The lowest BCUT2D eigenvalue weighted by Gasteiger charge is -2.27. The van der Waals surface area contributed by atoms with Crippen LogP contribution in [0.25, 0.3) is 0 Å². The second kappa shape index (κ2) is 8.98. The minimum Gasteiger partial charge on any atom is -0.497 e. The Morgan fingerprint density at radius 2 is 1.69 bits per heavy atom. The second-order valence-corrected chi connectivity index (χ2v) is 7.39. The SMILES string of the molecule is COc1ccc([C@@H]2[C@@H]3CN(c4ccc(C(F)(F)F)cn4)C[C@@H]3CN2C)cc1.Cl.Cl. The molecule has 0 amide bonds. The monoisotopic (exact) mass is 449 g/mol. The summed E-state index contributed by atoms with van der Waals surface area (Å²) in [7, 11) is 3.78. The molecule has 2 aromatic rings. The third-order valence-electron chi connectivity index (χ3n) is 5.75. The van der Waals surface area contributed by atoms with Gasteiger partial charge >= 0.3 is 6.18 Å². The number of hydrogen-bond acceptors (Lipinski definition) is 4. The molecule has 9 heteroatoms. The summed E-state index contributed by atoms with van der Waals surface area (Å²) in [6.45, 7) is 2.59. The number of halogens is 5. The Kier molecular flexibility index (Phi) is 7.30. The van der Waals surface area contributed by atoms with Gasteiger partial charge < -0.3 is 9.64 Å². The van der Waals surface area contributed by atoms with E-state index >= 15 is 0 Å². The first-order chi connectivity index (χ1) is 12.9. The Bertz CT molecular complexity index is 802. The van der Waals surface area contributed by atoms with E-state index in [-0.39, 0.29) is 24.8 Å². The predicted octanol–water partition coefficient (Wildman–Crippen LogP) is 4.69. The predicted molar refractivity (Wildman–Crippen MR) is 111 cm³/mol. The summed E-state index contributed by atoms with van der Waals surface area (Å²) in [5.41, 5.74) is 0.537. The van der Waals surface area contributed by atoms with Gasteiger partial charge in [-0.05, 0) is 42.8 Å². The molecule has 0 saturated carbocycles. The third-order valence-corrected chi connectivity index (χ3v) is 5.75. The van der Waals surface area contributed by atoms with Crippen molar-refractivity contribution in [1.29, 1.82) is 0 Å². The summed E-state index contributed by atoms with van der Waals surface area (Å²) in [5, 5.41) is 0. The van der Waals surface area contributed by atoms with Gasteiger partial charge in [0.25, 0.3) is 0 Å². The molecule has 2 saturated heterocycles. The first-order valence-electron chi connectivity index (χ1n) is 8.99. The van der Waals surface area contributed by atoms with Gasteiger partial charge in [-0.15, -0.1) is 24.8 Å². The fourth-order valence-corrected chi connectivity index (χ4v) is 4.49. The fourth-order valence-electron chi connectivity index (χ4n) is 4.49. The topological polar surface area (TPSA) is 28.6 Å². The fraction of sp³-hybridized carbons (Fsp3) is 0.450. The molecule has 4 rings (SSSR count). The van der Waals surface area contributed by atoms with Crippen LogP contribution in [0.3, 0.4) is 0 Å². The van der Waals surface area contributed by atoms with Crippen LogP contribution in [-0.2, 0) is 6.18 Å². The van der Waals surface area contributed by atoms with Crippen LogP contribution in [0.15, 0.2) is 42.6 Å². The number of methoxy groups -OCH3 is 1. The van der Waals surface area contributed by atoms with Crippen molar-refractivity contribution in [1.82, 2.24) is 9.88 Å². The number of pyridine rings is 1. The zero-order chi connectivity index (χ0) is 19.2.